The van der Waals surface area contributed by atoms with Gasteiger partial charge in [-0.3, -0.25) is 0 Å². The molecular formula is C14H16F3N3. The lowest BCUT2D eigenvalue weighted by atomic mass is 10.0. The van der Waals surface area contributed by atoms with Gasteiger partial charge in [0.25, 0.3) is 0 Å². The Bertz CT molecular complexity index is 558. The molecule has 1 atom stereocenters. The number of aromatic nitrogens is 2. The van der Waals surface area contributed by atoms with Crippen LogP contribution in [0, 0.1) is 0 Å². The van der Waals surface area contributed by atoms with E-state index in [1.54, 1.807) is 12.5 Å². The molecule has 108 valence electrons. The van der Waals surface area contributed by atoms with E-state index in [1.165, 1.54) is 12.1 Å². The Morgan fingerprint density at radius 2 is 1.90 bits per heavy atom. The zero-order chi connectivity index (χ0) is 14.8. The Balaban J connectivity index is 2.33. The topological polar surface area (TPSA) is 29.9 Å². The van der Waals surface area contributed by atoms with Crippen molar-refractivity contribution in [1.82, 2.24) is 14.9 Å². The molecule has 0 fully saturated rings. The Kier molecular flexibility index (Phi) is 4.13. The highest BCUT2D eigenvalue weighted by Gasteiger charge is 2.30. The number of benzene rings is 1. The van der Waals surface area contributed by atoms with Gasteiger partial charge in [-0.05, 0) is 24.2 Å². The molecule has 0 amide bonds. The van der Waals surface area contributed by atoms with Crippen LogP contribution in [0.2, 0.25) is 0 Å². The summed E-state index contributed by atoms with van der Waals surface area (Å²) in [6, 6.07) is 5.05. The predicted molar refractivity (Wildman–Crippen MR) is 70.2 cm³/mol. The van der Waals surface area contributed by atoms with Crippen LogP contribution in [-0.4, -0.2) is 16.1 Å². The Hall–Kier alpha value is -1.82. The number of nitrogens with zero attached hydrogens (tertiary/aromatic N) is 2. The van der Waals surface area contributed by atoms with Crippen LogP contribution in [0.4, 0.5) is 13.2 Å². The molecule has 1 N–H and O–H groups in total. The maximum absolute atomic E-state index is 12.6. The van der Waals surface area contributed by atoms with Gasteiger partial charge < -0.3 is 9.88 Å². The van der Waals surface area contributed by atoms with Crippen molar-refractivity contribution in [3.8, 4) is 0 Å². The third-order valence-electron chi connectivity index (χ3n) is 3.13. The van der Waals surface area contributed by atoms with E-state index < -0.39 is 11.7 Å². The normalized spacial score (nSPS) is 13.4. The first-order valence-corrected chi connectivity index (χ1v) is 6.30. The average molecular weight is 283 g/mol. The quantitative estimate of drug-likeness (QED) is 0.934. The molecule has 1 unspecified atom stereocenters. The highest BCUT2D eigenvalue weighted by molar-refractivity contribution is 5.31. The molecule has 0 saturated carbocycles. The lowest BCUT2D eigenvalue weighted by Crippen LogP contribution is -2.24. The lowest BCUT2D eigenvalue weighted by molar-refractivity contribution is -0.137. The third kappa shape index (κ3) is 3.01. The zero-order valence-electron chi connectivity index (χ0n) is 11.3. The summed E-state index contributed by atoms with van der Waals surface area (Å²) in [4.78, 5) is 4.05. The van der Waals surface area contributed by atoms with Crippen LogP contribution in [-0.2, 0) is 13.2 Å². The van der Waals surface area contributed by atoms with Gasteiger partial charge in [0.05, 0.1) is 29.8 Å². The van der Waals surface area contributed by atoms with Crippen LogP contribution >= 0.6 is 0 Å². The van der Waals surface area contributed by atoms with Crippen molar-refractivity contribution in [1.29, 1.82) is 0 Å². The third-order valence-corrected chi connectivity index (χ3v) is 3.13. The second kappa shape index (κ2) is 5.66. The highest BCUT2D eigenvalue weighted by atomic mass is 19.4. The number of alkyl halides is 3. The molecular weight excluding hydrogens is 267 g/mol. The molecule has 1 heterocycles. The predicted octanol–water partition coefficient (Wildman–Crippen LogP) is 3.14. The van der Waals surface area contributed by atoms with Crippen LogP contribution < -0.4 is 5.32 Å². The van der Waals surface area contributed by atoms with Crippen molar-refractivity contribution in [3.63, 3.8) is 0 Å². The first kappa shape index (κ1) is 14.6. The summed E-state index contributed by atoms with van der Waals surface area (Å²) in [5.74, 6) is 0. The van der Waals surface area contributed by atoms with E-state index >= 15 is 0 Å². The van der Waals surface area contributed by atoms with Crippen molar-refractivity contribution in [3.05, 3.63) is 53.6 Å². The summed E-state index contributed by atoms with van der Waals surface area (Å²) in [5, 5.41) is 3.26. The average Bonchev–Trinajstić information content (AvgIpc) is 2.81. The minimum absolute atomic E-state index is 0.171. The van der Waals surface area contributed by atoms with Gasteiger partial charge in [0.1, 0.15) is 0 Å². The Labute approximate surface area is 115 Å². The van der Waals surface area contributed by atoms with Crippen LogP contribution in [0.25, 0.3) is 0 Å². The van der Waals surface area contributed by atoms with Crippen molar-refractivity contribution < 1.29 is 13.2 Å². The van der Waals surface area contributed by atoms with Crippen LogP contribution in [0.1, 0.15) is 29.8 Å². The van der Waals surface area contributed by atoms with Crippen LogP contribution in [0.5, 0.6) is 0 Å². The van der Waals surface area contributed by atoms with Crippen molar-refractivity contribution >= 4 is 0 Å². The van der Waals surface area contributed by atoms with Crippen molar-refractivity contribution in [2.24, 2.45) is 7.05 Å². The maximum Gasteiger partial charge on any atom is 0.416 e. The smallest absolute Gasteiger partial charge is 0.336 e. The number of halogens is 3. The van der Waals surface area contributed by atoms with E-state index in [4.69, 9.17) is 0 Å². The molecule has 0 aliphatic heterocycles. The summed E-state index contributed by atoms with van der Waals surface area (Å²) in [7, 11) is 1.86. The SMILES string of the molecule is CCNC(c1ccc(C(F)(F)F)cc1)c1cncn1C. The minimum atomic E-state index is -4.31. The first-order valence-electron chi connectivity index (χ1n) is 6.30. The molecule has 0 spiro atoms. The van der Waals surface area contributed by atoms with Crippen molar-refractivity contribution in [2.45, 2.75) is 19.1 Å². The van der Waals surface area contributed by atoms with E-state index in [1.807, 2.05) is 18.5 Å². The Morgan fingerprint density at radius 3 is 2.35 bits per heavy atom. The molecule has 0 radical (unpaired) electrons. The monoisotopic (exact) mass is 283 g/mol. The number of rotatable bonds is 4. The fourth-order valence-corrected chi connectivity index (χ4v) is 2.11. The summed E-state index contributed by atoms with van der Waals surface area (Å²) in [6.45, 7) is 2.66. The highest BCUT2D eigenvalue weighted by Crippen LogP contribution is 2.30. The molecule has 0 saturated heterocycles. The first-order chi connectivity index (χ1) is 9.43. The summed E-state index contributed by atoms with van der Waals surface area (Å²) in [5.41, 5.74) is 1.05. The van der Waals surface area contributed by atoms with Gasteiger partial charge in [-0.15, -0.1) is 0 Å². The molecule has 3 nitrogen and oxygen atoms in total. The zero-order valence-corrected chi connectivity index (χ0v) is 11.3. The molecule has 2 rings (SSSR count). The van der Waals surface area contributed by atoms with Gasteiger partial charge in [0.15, 0.2) is 0 Å². The van der Waals surface area contributed by atoms with Crippen LogP contribution in [0.3, 0.4) is 0 Å². The fraction of sp³-hybridized carbons (Fsp3) is 0.357. The number of hydrogen-bond acceptors (Lipinski definition) is 2. The summed E-state index contributed by atoms with van der Waals surface area (Å²) < 4.78 is 39.6. The number of nitrogens with one attached hydrogen (secondary N) is 1. The molecule has 20 heavy (non-hydrogen) atoms. The van der Waals surface area contributed by atoms with Gasteiger partial charge in [-0.2, -0.15) is 13.2 Å². The molecule has 0 aliphatic rings. The van der Waals surface area contributed by atoms with Crippen molar-refractivity contribution in [2.75, 3.05) is 6.54 Å². The largest absolute Gasteiger partial charge is 0.416 e. The van der Waals surface area contributed by atoms with Gasteiger partial charge in [-0.1, -0.05) is 19.1 Å². The number of hydrogen-bond donors (Lipinski definition) is 1. The van der Waals surface area contributed by atoms with Gasteiger partial charge in [0.2, 0.25) is 0 Å². The fourth-order valence-electron chi connectivity index (χ4n) is 2.11. The summed E-state index contributed by atoms with van der Waals surface area (Å²) >= 11 is 0. The number of aryl methyl sites for hydroxylation is 1. The minimum Gasteiger partial charge on any atom is -0.336 e. The van der Waals surface area contributed by atoms with E-state index in [9.17, 15) is 13.2 Å². The Morgan fingerprint density at radius 1 is 1.25 bits per heavy atom. The molecule has 0 bridgehead atoms. The lowest BCUT2D eigenvalue weighted by Gasteiger charge is -2.19. The number of imidazole rings is 1. The van der Waals surface area contributed by atoms with Gasteiger partial charge in [-0.25, -0.2) is 4.98 Å². The molecule has 1 aromatic carbocycles. The molecule has 6 heteroatoms. The second-order valence-corrected chi connectivity index (χ2v) is 4.54. The van der Waals surface area contributed by atoms with E-state index in [0.29, 0.717) is 6.54 Å². The standard InChI is InChI=1S/C14H16F3N3/c1-3-19-13(12-8-18-9-20(12)2)10-4-6-11(7-5-10)14(15,16)17/h4-9,13,19H,3H2,1-2H3. The van der Waals surface area contributed by atoms with Gasteiger partial charge >= 0.3 is 6.18 Å². The summed E-state index contributed by atoms with van der Waals surface area (Å²) in [6.07, 6.45) is -0.923. The van der Waals surface area contributed by atoms with Gasteiger partial charge in [0, 0.05) is 7.05 Å². The van der Waals surface area contributed by atoms with E-state index in [0.717, 1.165) is 23.4 Å². The molecule has 2 aromatic rings. The second-order valence-electron chi connectivity index (χ2n) is 4.54. The molecule has 1 aromatic heterocycles. The van der Waals surface area contributed by atoms with E-state index in [2.05, 4.69) is 10.3 Å². The van der Waals surface area contributed by atoms with E-state index in [-0.39, 0.29) is 6.04 Å². The van der Waals surface area contributed by atoms with Crippen LogP contribution in [0.15, 0.2) is 36.8 Å². The molecule has 0 aliphatic carbocycles. The maximum atomic E-state index is 12.6.